The van der Waals surface area contributed by atoms with E-state index in [2.05, 4.69) is 10.4 Å². The molecule has 190 valence electrons. The van der Waals surface area contributed by atoms with Crippen molar-refractivity contribution in [1.82, 2.24) is 5.43 Å². The topological polar surface area (TPSA) is 175 Å². The Labute approximate surface area is 207 Å². The Morgan fingerprint density at radius 3 is 2.30 bits per heavy atom. The van der Waals surface area contributed by atoms with Crippen molar-refractivity contribution in [2.24, 2.45) is 5.10 Å². The number of anilines is 1. The van der Waals surface area contributed by atoms with Crippen LogP contribution >= 0.6 is 0 Å². The third-order valence-corrected chi connectivity index (χ3v) is 4.53. The molecule has 0 bridgehead atoms. The van der Waals surface area contributed by atoms with Gasteiger partial charge in [0.2, 0.25) is 5.75 Å². The average molecular weight is 511 g/mol. The van der Waals surface area contributed by atoms with Crippen molar-refractivity contribution >= 4 is 35.1 Å². The molecule has 0 saturated heterocycles. The summed E-state index contributed by atoms with van der Waals surface area (Å²) in [6.07, 6.45) is 1.21. The number of carbonyl (C=O) groups is 2. The zero-order valence-corrected chi connectivity index (χ0v) is 19.0. The van der Waals surface area contributed by atoms with Crippen LogP contribution in [0.2, 0.25) is 0 Å². The fourth-order valence-corrected chi connectivity index (χ4v) is 2.86. The van der Waals surface area contributed by atoms with Gasteiger partial charge in [-0.1, -0.05) is 0 Å². The second-order valence-corrected chi connectivity index (χ2v) is 7.07. The third-order valence-electron chi connectivity index (χ3n) is 4.53. The quantitative estimate of drug-likeness (QED) is 0.188. The van der Waals surface area contributed by atoms with Gasteiger partial charge in [0.15, 0.2) is 11.5 Å². The number of nitro groups is 2. The molecule has 3 aromatic rings. The fourth-order valence-electron chi connectivity index (χ4n) is 2.86. The van der Waals surface area contributed by atoms with Gasteiger partial charge in [0.25, 0.3) is 5.69 Å². The SMILES string of the molecule is CCOc1cc(/C=N/NC(=O)C(=O)Nc2ccc(F)cc2)ccc1Oc1ccc([N+](=O)[O-])cc1[N+](=O)[O-]. The van der Waals surface area contributed by atoms with Crippen LogP contribution in [-0.2, 0) is 9.59 Å². The van der Waals surface area contributed by atoms with Gasteiger partial charge < -0.3 is 14.8 Å². The van der Waals surface area contributed by atoms with Gasteiger partial charge >= 0.3 is 17.5 Å². The molecule has 0 radical (unpaired) electrons. The van der Waals surface area contributed by atoms with Crippen LogP contribution in [-0.4, -0.2) is 34.5 Å². The lowest BCUT2D eigenvalue weighted by Crippen LogP contribution is -2.32. The second kappa shape index (κ2) is 11.8. The number of carbonyl (C=O) groups excluding carboxylic acids is 2. The summed E-state index contributed by atoms with van der Waals surface area (Å²) in [5, 5.41) is 28.3. The van der Waals surface area contributed by atoms with E-state index < -0.39 is 38.9 Å². The molecule has 0 fully saturated rings. The Morgan fingerprint density at radius 2 is 1.65 bits per heavy atom. The number of hydrogen-bond acceptors (Lipinski definition) is 9. The van der Waals surface area contributed by atoms with Crippen molar-refractivity contribution in [3.63, 3.8) is 0 Å². The molecule has 14 heteroatoms. The first-order chi connectivity index (χ1) is 17.7. The Morgan fingerprint density at radius 1 is 0.946 bits per heavy atom. The molecule has 13 nitrogen and oxygen atoms in total. The molecule has 37 heavy (non-hydrogen) atoms. The molecule has 0 saturated carbocycles. The van der Waals surface area contributed by atoms with E-state index in [1.54, 1.807) is 6.92 Å². The van der Waals surface area contributed by atoms with Crippen LogP contribution in [0.5, 0.6) is 17.2 Å². The smallest absolute Gasteiger partial charge is 0.329 e. The summed E-state index contributed by atoms with van der Waals surface area (Å²) in [6, 6.07) is 12.1. The van der Waals surface area contributed by atoms with Crippen molar-refractivity contribution in [2.45, 2.75) is 6.92 Å². The molecule has 0 heterocycles. The lowest BCUT2D eigenvalue weighted by molar-refractivity contribution is -0.394. The van der Waals surface area contributed by atoms with Crippen LogP contribution in [0.3, 0.4) is 0 Å². The summed E-state index contributed by atoms with van der Waals surface area (Å²) in [4.78, 5) is 44.6. The first-order valence-corrected chi connectivity index (χ1v) is 10.5. The number of hydrogen-bond donors (Lipinski definition) is 2. The Hall–Kier alpha value is -5.40. The minimum absolute atomic E-state index is 0.0821. The maximum atomic E-state index is 12.9. The number of hydrazone groups is 1. The van der Waals surface area contributed by atoms with Gasteiger partial charge in [0.05, 0.1) is 28.7 Å². The molecular formula is C23H18FN5O8. The molecule has 3 rings (SSSR count). The van der Waals surface area contributed by atoms with Crippen LogP contribution < -0.4 is 20.2 Å². The van der Waals surface area contributed by atoms with Gasteiger partial charge in [-0.3, -0.25) is 29.8 Å². The number of halogens is 1. The molecule has 2 N–H and O–H groups in total. The summed E-state index contributed by atoms with van der Waals surface area (Å²) in [6.45, 7) is 1.90. The number of rotatable bonds is 9. The Kier molecular flexibility index (Phi) is 8.38. The highest BCUT2D eigenvalue weighted by Gasteiger charge is 2.22. The van der Waals surface area contributed by atoms with E-state index in [0.717, 1.165) is 30.3 Å². The van der Waals surface area contributed by atoms with Crippen LogP contribution in [0, 0.1) is 26.0 Å². The monoisotopic (exact) mass is 511 g/mol. The van der Waals surface area contributed by atoms with Crippen molar-refractivity contribution < 1.29 is 33.3 Å². The molecule has 0 spiro atoms. The first kappa shape index (κ1) is 26.2. The lowest BCUT2D eigenvalue weighted by atomic mass is 10.2. The molecule has 2 amide bonds. The van der Waals surface area contributed by atoms with E-state index in [-0.39, 0.29) is 29.5 Å². The molecule has 0 aromatic heterocycles. The average Bonchev–Trinajstić information content (AvgIpc) is 2.86. The minimum Gasteiger partial charge on any atom is -0.490 e. The molecule has 0 atom stereocenters. The highest BCUT2D eigenvalue weighted by Crippen LogP contribution is 2.38. The zero-order valence-electron chi connectivity index (χ0n) is 19.0. The fraction of sp³-hybridized carbons (Fsp3) is 0.0870. The van der Waals surface area contributed by atoms with Gasteiger partial charge in [-0.05, 0) is 61.0 Å². The number of amides is 2. The molecule has 0 aliphatic rings. The van der Waals surface area contributed by atoms with E-state index in [1.165, 1.54) is 36.5 Å². The van der Waals surface area contributed by atoms with Gasteiger partial charge in [-0.15, -0.1) is 0 Å². The van der Waals surface area contributed by atoms with Crippen molar-refractivity contribution in [1.29, 1.82) is 0 Å². The molecule has 0 aliphatic carbocycles. The summed E-state index contributed by atoms with van der Waals surface area (Å²) in [7, 11) is 0. The lowest BCUT2D eigenvalue weighted by Gasteiger charge is -2.12. The van der Waals surface area contributed by atoms with Crippen molar-refractivity contribution in [3.8, 4) is 17.2 Å². The number of benzene rings is 3. The van der Waals surface area contributed by atoms with Crippen LogP contribution in [0.25, 0.3) is 0 Å². The molecule has 0 unspecified atom stereocenters. The number of ether oxygens (including phenoxy) is 2. The maximum Gasteiger partial charge on any atom is 0.329 e. The molecule has 0 aliphatic heterocycles. The van der Waals surface area contributed by atoms with Crippen molar-refractivity contribution in [2.75, 3.05) is 11.9 Å². The van der Waals surface area contributed by atoms with E-state index in [4.69, 9.17) is 9.47 Å². The van der Waals surface area contributed by atoms with Gasteiger partial charge in [-0.25, -0.2) is 9.82 Å². The van der Waals surface area contributed by atoms with Crippen LogP contribution in [0.4, 0.5) is 21.5 Å². The number of non-ortho nitro benzene ring substituents is 1. The first-order valence-electron chi connectivity index (χ1n) is 10.5. The highest BCUT2D eigenvalue weighted by molar-refractivity contribution is 6.39. The molecular weight excluding hydrogens is 493 g/mol. The maximum absolute atomic E-state index is 12.9. The van der Waals surface area contributed by atoms with E-state index in [0.29, 0.717) is 5.56 Å². The van der Waals surface area contributed by atoms with Gasteiger partial charge in [-0.2, -0.15) is 5.10 Å². The van der Waals surface area contributed by atoms with Gasteiger partial charge in [0.1, 0.15) is 5.82 Å². The number of nitrogens with zero attached hydrogens (tertiary/aromatic N) is 3. The van der Waals surface area contributed by atoms with Gasteiger partial charge in [0, 0.05) is 11.8 Å². The van der Waals surface area contributed by atoms with Crippen molar-refractivity contribution in [3.05, 3.63) is 92.3 Å². The summed E-state index contributed by atoms with van der Waals surface area (Å²) >= 11 is 0. The van der Waals surface area contributed by atoms with Crippen LogP contribution in [0.15, 0.2) is 65.8 Å². The number of nitro benzene ring substituents is 2. The summed E-state index contributed by atoms with van der Waals surface area (Å²) < 4.78 is 24.0. The van der Waals surface area contributed by atoms with E-state index >= 15 is 0 Å². The minimum atomic E-state index is -1.07. The van der Waals surface area contributed by atoms with Crippen LogP contribution in [0.1, 0.15) is 12.5 Å². The Balaban J connectivity index is 1.72. The zero-order chi connectivity index (χ0) is 26.9. The summed E-state index contributed by atoms with van der Waals surface area (Å²) in [5.74, 6) is -2.58. The largest absolute Gasteiger partial charge is 0.490 e. The van der Waals surface area contributed by atoms with E-state index in [1.807, 2.05) is 5.43 Å². The van der Waals surface area contributed by atoms with E-state index in [9.17, 15) is 34.2 Å². The number of nitrogens with one attached hydrogen (secondary N) is 2. The predicted molar refractivity (Wildman–Crippen MR) is 128 cm³/mol. The predicted octanol–water partition coefficient (Wildman–Crippen LogP) is 3.92. The highest BCUT2D eigenvalue weighted by atomic mass is 19.1. The summed E-state index contributed by atoms with van der Waals surface area (Å²) in [5.41, 5.74) is 1.60. The second-order valence-electron chi connectivity index (χ2n) is 7.07. The standard InChI is InChI=1S/C23H18FN5O8/c1-2-36-21-11-14(13-25-27-23(31)22(30)26-16-6-4-15(24)5-7-16)3-9-20(21)37-19-10-8-17(28(32)33)12-18(19)29(34)35/h3-13H,2H2,1H3,(H,26,30)(H,27,31)/b25-13+. The normalized spacial score (nSPS) is 10.5. The molecule has 3 aromatic carbocycles. The third kappa shape index (κ3) is 7.05. The Bertz CT molecular complexity index is 1380.